The summed E-state index contributed by atoms with van der Waals surface area (Å²) in [6.07, 6.45) is 3.27. The summed E-state index contributed by atoms with van der Waals surface area (Å²) in [5.74, 6) is 0.143. The maximum atomic E-state index is 11.5. The van der Waals surface area contributed by atoms with Gasteiger partial charge in [-0.15, -0.1) is 5.10 Å². The van der Waals surface area contributed by atoms with Gasteiger partial charge in [-0.25, -0.2) is 9.48 Å². The third-order valence-electron chi connectivity index (χ3n) is 7.05. The van der Waals surface area contributed by atoms with Gasteiger partial charge in [0.05, 0.1) is 44.1 Å². The molecule has 2 atom stereocenters. The smallest absolute Gasteiger partial charge is 0.335 e. The molecule has 2 aromatic heterocycles. The molecule has 40 heavy (non-hydrogen) atoms. The minimum Gasteiger partial charge on any atom is -0.493 e. The van der Waals surface area contributed by atoms with Crippen LogP contribution in [0.15, 0.2) is 60.9 Å². The average molecular weight is 567 g/mol. The number of hydrogen-bond donors (Lipinski definition) is 1. The number of aromatic nitrogens is 4. The van der Waals surface area contributed by atoms with Crippen LogP contribution in [0.2, 0.25) is 5.02 Å². The summed E-state index contributed by atoms with van der Waals surface area (Å²) in [5, 5.41) is 18.2. The number of nitrogens with zero attached hydrogens (tertiary/aromatic N) is 4. The maximum absolute atomic E-state index is 11.5. The van der Waals surface area contributed by atoms with E-state index in [2.05, 4.69) is 14.9 Å². The molecule has 1 aliphatic rings. The van der Waals surface area contributed by atoms with E-state index in [1.165, 1.54) is 13.8 Å². The second-order valence-corrected chi connectivity index (χ2v) is 10.4. The fourth-order valence-corrected chi connectivity index (χ4v) is 5.03. The molecule has 0 saturated carbocycles. The molecule has 1 aliphatic heterocycles. The highest BCUT2D eigenvalue weighted by Gasteiger charge is 2.33. The van der Waals surface area contributed by atoms with Gasteiger partial charge in [0, 0.05) is 28.9 Å². The van der Waals surface area contributed by atoms with Gasteiger partial charge >= 0.3 is 5.97 Å². The molecular formula is C29H31ClN4O6. The van der Waals surface area contributed by atoms with Crippen molar-refractivity contribution in [2.45, 2.75) is 51.2 Å². The van der Waals surface area contributed by atoms with Gasteiger partial charge in [-0.3, -0.25) is 0 Å². The van der Waals surface area contributed by atoms with Crippen LogP contribution in [-0.2, 0) is 27.4 Å². The maximum Gasteiger partial charge on any atom is 0.335 e. The first-order valence-electron chi connectivity index (χ1n) is 12.8. The van der Waals surface area contributed by atoms with Crippen LogP contribution in [0.5, 0.6) is 11.5 Å². The highest BCUT2D eigenvalue weighted by molar-refractivity contribution is 6.30. The topological polar surface area (TPSA) is 110 Å². The number of aryl methyl sites for hydroxylation is 1. The number of aliphatic carboxylic acids is 1. The van der Waals surface area contributed by atoms with Crippen molar-refractivity contribution in [2.75, 3.05) is 14.2 Å². The van der Waals surface area contributed by atoms with E-state index in [1.54, 1.807) is 25.1 Å². The van der Waals surface area contributed by atoms with Gasteiger partial charge < -0.3 is 28.6 Å². The number of carboxylic acid groups (broad SMARTS) is 1. The summed E-state index contributed by atoms with van der Waals surface area (Å²) in [7, 11) is 3.21. The molecule has 5 rings (SSSR count). The molecule has 0 saturated heterocycles. The van der Waals surface area contributed by atoms with E-state index in [9.17, 15) is 9.90 Å². The molecule has 0 bridgehead atoms. The van der Waals surface area contributed by atoms with Crippen molar-refractivity contribution in [3.8, 4) is 17.2 Å². The largest absolute Gasteiger partial charge is 0.493 e. The van der Waals surface area contributed by atoms with E-state index in [-0.39, 0.29) is 12.7 Å². The van der Waals surface area contributed by atoms with E-state index in [4.69, 9.17) is 30.5 Å². The number of fused-ring (bicyclic) bond motifs is 3. The lowest BCUT2D eigenvalue weighted by atomic mass is 9.98. The summed E-state index contributed by atoms with van der Waals surface area (Å²) in [4.78, 5) is 11.5. The van der Waals surface area contributed by atoms with Crippen LogP contribution in [0.4, 0.5) is 0 Å². The lowest BCUT2D eigenvalue weighted by Gasteiger charge is -2.25. The Morgan fingerprint density at radius 2 is 1.95 bits per heavy atom. The normalized spacial score (nSPS) is 16.6. The summed E-state index contributed by atoms with van der Waals surface area (Å²) in [6, 6.07) is 15.5. The van der Waals surface area contributed by atoms with Gasteiger partial charge in [0.1, 0.15) is 12.2 Å². The first kappa shape index (κ1) is 27.7. The summed E-state index contributed by atoms with van der Waals surface area (Å²) in [5.41, 5.74) is 2.96. The minimum atomic E-state index is -1.34. The number of halogens is 1. The molecule has 0 aliphatic carbocycles. The van der Waals surface area contributed by atoms with E-state index in [0.717, 1.165) is 22.5 Å². The standard InChI is InChI=1S/C29H31ClN4O6/c1-29(2,28(35)36)39-17-19-16-31-32-34(19)14-12-24-23-8-6-13-33(23)22-11-10-18(30)15-21(22)26(40-24)20-7-5-9-25(37-3)27(20)38-4/h5-11,13,15-16,24,26H,12,14,17H2,1-4H3,(H,35,36)/t24-,26-/m1/s1. The Morgan fingerprint density at radius 3 is 2.70 bits per heavy atom. The highest BCUT2D eigenvalue weighted by atomic mass is 35.5. The molecule has 11 heteroatoms. The van der Waals surface area contributed by atoms with Gasteiger partial charge in [-0.05, 0) is 56.7 Å². The van der Waals surface area contributed by atoms with Crippen LogP contribution in [0.25, 0.3) is 5.69 Å². The van der Waals surface area contributed by atoms with Crippen molar-refractivity contribution in [1.29, 1.82) is 0 Å². The molecule has 3 heterocycles. The third kappa shape index (κ3) is 5.30. The highest BCUT2D eigenvalue weighted by Crippen LogP contribution is 2.46. The van der Waals surface area contributed by atoms with Gasteiger partial charge in [-0.2, -0.15) is 0 Å². The molecule has 4 aromatic rings. The van der Waals surface area contributed by atoms with Crippen LogP contribution in [0.1, 0.15) is 55.0 Å². The van der Waals surface area contributed by atoms with Gasteiger partial charge in [-0.1, -0.05) is 28.9 Å². The summed E-state index contributed by atoms with van der Waals surface area (Å²) >= 11 is 6.49. The molecule has 0 unspecified atom stereocenters. The zero-order valence-electron chi connectivity index (χ0n) is 22.7. The summed E-state index contributed by atoms with van der Waals surface area (Å²) < 4.78 is 27.7. The van der Waals surface area contributed by atoms with E-state index >= 15 is 0 Å². The van der Waals surface area contributed by atoms with Crippen LogP contribution in [-0.4, -0.2) is 50.5 Å². The lowest BCUT2D eigenvalue weighted by molar-refractivity contribution is -0.162. The predicted octanol–water partition coefficient (Wildman–Crippen LogP) is 5.37. The zero-order valence-corrected chi connectivity index (χ0v) is 23.5. The molecule has 0 radical (unpaired) electrons. The second kappa shape index (κ2) is 11.3. The lowest BCUT2D eigenvalue weighted by Crippen LogP contribution is -2.34. The van der Waals surface area contributed by atoms with Crippen LogP contribution in [0.3, 0.4) is 0 Å². The first-order chi connectivity index (χ1) is 19.2. The molecule has 10 nitrogen and oxygen atoms in total. The molecule has 1 N–H and O–H groups in total. The Bertz CT molecular complexity index is 1510. The monoisotopic (exact) mass is 566 g/mol. The molecule has 210 valence electrons. The molecule has 0 amide bonds. The van der Waals surface area contributed by atoms with Crippen LogP contribution >= 0.6 is 11.6 Å². The number of hydrogen-bond acceptors (Lipinski definition) is 7. The number of benzene rings is 2. The third-order valence-corrected chi connectivity index (χ3v) is 7.29. The Morgan fingerprint density at radius 1 is 1.12 bits per heavy atom. The van der Waals surface area contributed by atoms with Crippen molar-refractivity contribution in [2.24, 2.45) is 0 Å². The minimum absolute atomic E-state index is 0.0573. The first-order valence-corrected chi connectivity index (χ1v) is 13.2. The number of rotatable bonds is 10. The number of carbonyl (C=O) groups is 1. The number of ether oxygens (including phenoxy) is 4. The van der Waals surface area contributed by atoms with Crippen LogP contribution < -0.4 is 9.47 Å². The van der Waals surface area contributed by atoms with Crippen molar-refractivity contribution in [3.05, 3.63) is 88.5 Å². The van der Waals surface area contributed by atoms with Gasteiger partial charge in [0.25, 0.3) is 0 Å². The molecule has 0 fully saturated rings. The number of carboxylic acids is 1. The van der Waals surface area contributed by atoms with Gasteiger partial charge in [0.2, 0.25) is 0 Å². The fourth-order valence-electron chi connectivity index (χ4n) is 4.85. The van der Waals surface area contributed by atoms with Crippen molar-refractivity contribution < 1.29 is 28.8 Å². The molecular weight excluding hydrogens is 536 g/mol. The predicted molar refractivity (Wildman–Crippen MR) is 147 cm³/mol. The quantitative estimate of drug-likeness (QED) is 0.273. The zero-order chi connectivity index (χ0) is 28.4. The van der Waals surface area contributed by atoms with Crippen LogP contribution in [0, 0.1) is 0 Å². The van der Waals surface area contributed by atoms with Crippen molar-refractivity contribution in [1.82, 2.24) is 19.6 Å². The van der Waals surface area contributed by atoms with Crippen molar-refractivity contribution in [3.63, 3.8) is 0 Å². The van der Waals surface area contributed by atoms with E-state index in [0.29, 0.717) is 35.2 Å². The Balaban J connectivity index is 1.49. The van der Waals surface area contributed by atoms with Gasteiger partial charge in [0.15, 0.2) is 17.1 Å². The Kier molecular flexibility index (Phi) is 7.84. The molecule has 0 spiro atoms. The Labute approximate surface area is 237 Å². The van der Waals surface area contributed by atoms with Crippen molar-refractivity contribution >= 4 is 17.6 Å². The number of methoxy groups -OCH3 is 2. The average Bonchev–Trinajstić information content (AvgIpc) is 3.59. The number of para-hydroxylation sites is 1. The molecule has 2 aromatic carbocycles. The van der Waals surface area contributed by atoms with E-state index in [1.807, 2.05) is 54.7 Å². The second-order valence-electron chi connectivity index (χ2n) is 9.94. The Hall–Kier alpha value is -3.86. The SMILES string of the molecule is COc1cccc([C@H]2O[C@H](CCn3nncc3COC(C)(C)C(=O)O)c3cccn3-c3ccc(Cl)cc32)c1OC. The van der Waals surface area contributed by atoms with E-state index < -0.39 is 17.7 Å². The fraction of sp³-hybridized carbons (Fsp3) is 0.345. The summed E-state index contributed by atoms with van der Waals surface area (Å²) in [6.45, 7) is 3.53.